The maximum atomic E-state index is 9.77. The van der Waals surface area contributed by atoms with Crippen molar-refractivity contribution < 1.29 is 5.11 Å². The van der Waals surface area contributed by atoms with Gasteiger partial charge in [-0.25, -0.2) is 0 Å². The van der Waals surface area contributed by atoms with E-state index in [-0.39, 0.29) is 0 Å². The summed E-state index contributed by atoms with van der Waals surface area (Å²) in [4.78, 5) is 1.16. The van der Waals surface area contributed by atoms with Crippen LogP contribution in [-0.4, -0.2) is 23.8 Å². The highest BCUT2D eigenvalue weighted by molar-refractivity contribution is 7.10. The summed E-state index contributed by atoms with van der Waals surface area (Å²) in [7, 11) is 0. The number of thiophene rings is 1. The van der Waals surface area contributed by atoms with Crippen LogP contribution in [0.25, 0.3) is 0 Å². The van der Waals surface area contributed by atoms with Crippen molar-refractivity contribution in [2.24, 2.45) is 0 Å². The van der Waals surface area contributed by atoms with Crippen molar-refractivity contribution >= 4 is 22.9 Å². The molecule has 1 aliphatic rings. The fourth-order valence-electron chi connectivity index (χ4n) is 1.31. The number of β-amino-alcohol motifs (C(OH)–C–C–N with tert-alkyl or cyclic N) is 1. The minimum absolute atomic E-state index is 0.520. The molecule has 0 atom stereocenters. The van der Waals surface area contributed by atoms with Gasteiger partial charge in [0.05, 0.1) is 10.6 Å². The van der Waals surface area contributed by atoms with Gasteiger partial charge in [-0.05, 0) is 6.07 Å². The molecule has 0 radical (unpaired) electrons. The molecule has 1 saturated heterocycles. The lowest BCUT2D eigenvalue weighted by Crippen LogP contribution is -2.60. The average molecular weight is 204 g/mol. The Morgan fingerprint density at radius 3 is 2.83 bits per heavy atom. The van der Waals surface area contributed by atoms with Crippen molar-refractivity contribution in [2.75, 3.05) is 13.1 Å². The molecule has 2 heterocycles. The molecule has 0 aliphatic carbocycles. The fourth-order valence-corrected chi connectivity index (χ4v) is 2.52. The van der Waals surface area contributed by atoms with Crippen LogP contribution in [0.15, 0.2) is 11.4 Å². The van der Waals surface area contributed by atoms with Crippen LogP contribution < -0.4 is 5.32 Å². The Hall–Kier alpha value is -0.0900. The van der Waals surface area contributed by atoms with Gasteiger partial charge in [-0.15, -0.1) is 11.3 Å². The molecule has 0 aromatic carbocycles. The van der Waals surface area contributed by atoms with Crippen LogP contribution in [0, 0.1) is 0 Å². The van der Waals surface area contributed by atoms with Crippen LogP contribution in [0.5, 0.6) is 0 Å². The van der Waals surface area contributed by atoms with E-state index in [2.05, 4.69) is 5.32 Å². The van der Waals surface area contributed by atoms with E-state index in [0.717, 1.165) is 16.3 Å². The highest BCUT2D eigenvalue weighted by Gasteiger charge is 2.34. The van der Waals surface area contributed by atoms with E-state index < -0.39 is 5.60 Å². The summed E-state index contributed by atoms with van der Waals surface area (Å²) >= 11 is 7.37. The van der Waals surface area contributed by atoms with Crippen molar-refractivity contribution in [3.8, 4) is 0 Å². The second-order valence-electron chi connectivity index (χ2n) is 3.24. The van der Waals surface area contributed by atoms with Gasteiger partial charge in [-0.3, -0.25) is 0 Å². The van der Waals surface area contributed by atoms with Gasteiger partial charge in [-0.1, -0.05) is 11.6 Å². The van der Waals surface area contributed by atoms with E-state index in [4.69, 9.17) is 11.6 Å². The molecule has 0 spiro atoms. The van der Waals surface area contributed by atoms with Gasteiger partial charge >= 0.3 is 0 Å². The minimum atomic E-state index is -0.520. The molecule has 66 valence electrons. The highest BCUT2D eigenvalue weighted by atomic mass is 35.5. The predicted molar refractivity (Wildman–Crippen MR) is 50.9 cm³/mol. The van der Waals surface area contributed by atoms with Gasteiger partial charge in [-0.2, -0.15) is 0 Å². The van der Waals surface area contributed by atoms with E-state index in [1.54, 1.807) is 11.3 Å². The van der Waals surface area contributed by atoms with Crippen LogP contribution >= 0.6 is 22.9 Å². The highest BCUT2D eigenvalue weighted by Crippen LogP contribution is 2.25. The third-order valence-corrected chi connectivity index (χ3v) is 3.32. The first-order valence-corrected chi connectivity index (χ1v) is 5.10. The van der Waals surface area contributed by atoms with Crippen molar-refractivity contribution in [3.05, 3.63) is 21.3 Å². The molecule has 1 fully saturated rings. The monoisotopic (exact) mass is 203 g/mol. The molecule has 1 aromatic rings. The zero-order chi connectivity index (χ0) is 8.60. The van der Waals surface area contributed by atoms with Crippen molar-refractivity contribution in [1.29, 1.82) is 0 Å². The third kappa shape index (κ3) is 1.64. The Morgan fingerprint density at radius 2 is 2.42 bits per heavy atom. The van der Waals surface area contributed by atoms with E-state index in [1.807, 2.05) is 11.4 Å². The molecular weight excluding hydrogens is 194 g/mol. The predicted octanol–water partition coefficient (Wildman–Crippen LogP) is 1.28. The molecule has 2 N–H and O–H groups in total. The minimum Gasteiger partial charge on any atom is -0.387 e. The normalized spacial score (nSPS) is 20.5. The number of halogens is 1. The van der Waals surface area contributed by atoms with Gasteiger partial charge < -0.3 is 10.4 Å². The maximum Gasteiger partial charge on any atom is 0.0943 e. The summed E-state index contributed by atoms with van der Waals surface area (Å²) in [5.41, 5.74) is -0.520. The summed E-state index contributed by atoms with van der Waals surface area (Å²) in [6, 6.07) is 1.92. The maximum absolute atomic E-state index is 9.77. The lowest BCUT2D eigenvalue weighted by Gasteiger charge is -2.37. The lowest BCUT2D eigenvalue weighted by atomic mass is 9.92. The van der Waals surface area contributed by atoms with Crippen LogP contribution in [0.4, 0.5) is 0 Å². The molecule has 0 unspecified atom stereocenters. The Morgan fingerprint density at radius 1 is 1.67 bits per heavy atom. The summed E-state index contributed by atoms with van der Waals surface area (Å²) in [5.74, 6) is 0. The fraction of sp³-hybridized carbons (Fsp3) is 0.500. The zero-order valence-corrected chi connectivity index (χ0v) is 8.08. The molecule has 4 heteroatoms. The standard InChI is InChI=1S/C8H10ClNOS/c9-6-1-7(12-3-6)2-8(11)4-10-5-8/h1,3,10-11H,2,4-5H2. The van der Waals surface area contributed by atoms with Crippen molar-refractivity contribution in [3.63, 3.8) is 0 Å². The molecule has 0 saturated carbocycles. The summed E-state index contributed by atoms with van der Waals surface area (Å²) in [5, 5.41) is 15.5. The number of aliphatic hydroxyl groups is 1. The summed E-state index contributed by atoms with van der Waals surface area (Å²) < 4.78 is 0. The van der Waals surface area contributed by atoms with Crippen LogP contribution in [-0.2, 0) is 6.42 Å². The van der Waals surface area contributed by atoms with E-state index in [0.29, 0.717) is 13.1 Å². The van der Waals surface area contributed by atoms with E-state index >= 15 is 0 Å². The number of hydrogen-bond acceptors (Lipinski definition) is 3. The van der Waals surface area contributed by atoms with Gasteiger partial charge in [0.25, 0.3) is 0 Å². The molecule has 0 amide bonds. The Kier molecular flexibility index (Phi) is 2.12. The molecule has 12 heavy (non-hydrogen) atoms. The number of rotatable bonds is 2. The zero-order valence-electron chi connectivity index (χ0n) is 6.51. The van der Waals surface area contributed by atoms with E-state index in [9.17, 15) is 5.11 Å². The van der Waals surface area contributed by atoms with Gasteiger partial charge in [0, 0.05) is 29.8 Å². The molecule has 2 nitrogen and oxygen atoms in total. The van der Waals surface area contributed by atoms with Crippen LogP contribution in [0.2, 0.25) is 5.02 Å². The first-order valence-electron chi connectivity index (χ1n) is 3.84. The largest absolute Gasteiger partial charge is 0.387 e. The summed E-state index contributed by atoms with van der Waals surface area (Å²) in [6.45, 7) is 1.39. The van der Waals surface area contributed by atoms with Gasteiger partial charge in [0.1, 0.15) is 0 Å². The molecule has 2 rings (SSSR count). The smallest absolute Gasteiger partial charge is 0.0943 e. The third-order valence-electron chi connectivity index (χ3n) is 2.03. The summed E-state index contributed by atoms with van der Waals surface area (Å²) in [6.07, 6.45) is 0.720. The first kappa shape index (κ1) is 8.51. The molecule has 1 aliphatic heterocycles. The SMILES string of the molecule is OC1(Cc2cc(Cl)cs2)CNC1. The molecule has 0 bridgehead atoms. The van der Waals surface area contributed by atoms with E-state index in [1.165, 1.54) is 0 Å². The number of nitrogens with one attached hydrogen (secondary N) is 1. The second kappa shape index (κ2) is 3.00. The molecular formula is C8H10ClNOS. The Balaban J connectivity index is 2.03. The molecule has 1 aromatic heterocycles. The number of hydrogen-bond donors (Lipinski definition) is 2. The Bertz CT molecular complexity index is 282. The Labute approximate surface area is 80.2 Å². The van der Waals surface area contributed by atoms with Crippen LogP contribution in [0.3, 0.4) is 0 Å². The first-order chi connectivity index (χ1) is 5.68. The van der Waals surface area contributed by atoms with Gasteiger partial charge in [0.2, 0.25) is 0 Å². The second-order valence-corrected chi connectivity index (χ2v) is 4.67. The van der Waals surface area contributed by atoms with Crippen LogP contribution in [0.1, 0.15) is 4.88 Å². The topological polar surface area (TPSA) is 32.3 Å². The quantitative estimate of drug-likeness (QED) is 0.759. The lowest BCUT2D eigenvalue weighted by molar-refractivity contribution is -0.00833. The van der Waals surface area contributed by atoms with Gasteiger partial charge in [0.15, 0.2) is 0 Å². The average Bonchev–Trinajstić information content (AvgIpc) is 2.32. The van der Waals surface area contributed by atoms with Crippen molar-refractivity contribution in [1.82, 2.24) is 5.32 Å². The van der Waals surface area contributed by atoms with Crippen molar-refractivity contribution in [2.45, 2.75) is 12.0 Å².